The number of carbonyl (C=O) groups excluding carboxylic acids is 1. The van der Waals surface area contributed by atoms with Crippen molar-refractivity contribution < 1.29 is 32.2 Å². The van der Waals surface area contributed by atoms with Crippen LogP contribution >= 0.6 is 0 Å². The van der Waals surface area contributed by atoms with Crippen LogP contribution < -0.4 is 4.90 Å². The zero-order valence-corrected chi connectivity index (χ0v) is 16.3. The smallest absolute Gasteiger partial charge is 0.414 e. The summed E-state index contributed by atoms with van der Waals surface area (Å²) in [5.74, 6) is -2.04. The molecule has 2 aliphatic rings. The summed E-state index contributed by atoms with van der Waals surface area (Å²) in [7, 11) is -3.13. The normalized spacial score (nSPS) is 21.8. The lowest BCUT2D eigenvalue weighted by Gasteiger charge is -2.18. The minimum Gasteiger partial charge on any atom is -0.480 e. The molecule has 1 saturated heterocycles. The highest BCUT2D eigenvalue weighted by molar-refractivity contribution is 7.91. The first-order valence-electron chi connectivity index (χ1n) is 9.01. The Balaban J connectivity index is 1.56. The number of carboxylic acids is 1. The molecule has 1 aromatic heterocycles. The second-order valence-corrected chi connectivity index (χ2v) is 9.19. The van der Waals surface area contributed by atoms with E-state index in [4.69, 9.17) is 4.74 Å². The van der Waals surface area contributed by atoms with Crippen LogP contribution in [0.2, 0.25) is 0 Å². The van der Waals surface area contributed by atoms with Crippen molar-refractivity contribution in [1.82, 2.24) is 15.0 Å². The molecule has 0 saturated carbocycles. The summed E-state index contributed by atoms with van der Waals surface area (Å²) >= 11 is 0. The molecule has 2 aliphatic heterocycles. The SMILES string of the molecule is O=C(O)C(C1CN(c2ccc(C3=CCS(=O)(=O)CC3)c(F)c2)C(=O)O1)n1ccnn1. The van der Waals surface area contributed by atoms with Gasteiger partial charge in [-0.05, 0) is 30.2 Å². The summed E-state index contributed by atoms with van der Waals surface area (Å²) in [6.07, 6.45) is 2.51. The molecule has 30 heavy (non-hydrogen) atoms. The van der Waals surface area contributed by atoms with Crippen LogP contribution in [0.1, 0.15) is 18.0 Å². The molecule has 4 rings (SSSR count). The van der Waals surface area contributed by atoms with Crippen LogP contribution in [0, 0.1) is 5.82 Å². The number of cyclic esters (lactones) is 1. The van der Waals surface area contributed by atoms with Gasteiger partial charge in [0.25, 0.3) is 0 Å². The molecule has 2 unspecified atom stereocenters. The number of anilines is 1. The molecule has 2 atom stereocenters. The number of nitrogens with zero attached hydrogens (tertiary/aromatic N) is 4. The fraction of sp³-hybridized carbons (Fsp3) is 0.333. The summed E-state index contributed by atoms with van der Waals surface area (Å²) in [6.45, 7) is -0.116. The molecule has 2 aromatic rings. The summed E-state index contributed by atoms with van der Waals surface area (Å²) in [6, 6.07) is 2.85. The predicted octanol–water partition coefficient (Wildman–Crippen LogP) is 1.27. The molecule has 10 nitrogen and oxygen atoms in total. The number of benzene rings is 1. The first-order chi connectivity index (χ1) is 14.2. The lowest BCUT2D eigenvalue weighted by molar-refractivity contribution is -0.144. The number of rotatable bonds is 5. The van der Waals surface area contributed by atoms with E-state index in [1.165, 1.54) is 30.6 Å². The second-order valence-electron chi connectivity index (χ2n) is 6.96. The fourth-order valence-corrected chi connectivity index (χ4v) is 4.68. The monoisotopic (exact) mass is 436 g/mol. The van der Waals surface area contributed by atoms with Crippen LogP contribution in [0.15, 0.2) is 36.7 Å². The molecule has 1 N–H and O–H groups in total. The van der Waals surface area contributed by atoms with Gasteiger partial charge in [0, 0.05) is 11.8 Å². The number of sulfone groups is 1. The Morgan fingerprint density at radius 3 is 2.77 bits per heavy atom. The maximum atomic E-state index is 14.7. The molecule has 1 amide bonds. The van der Waals surface area contributed by atoms with Crippen molar-refractivity contribution in [2.75, 3.05) is 23.0 Å². The van der Waals surface area contributed by atoms with Crippen molar-refractivity contribution in [3.05, 3.63) is 48.0 Å². The maximum Gasteiger partial charge on any atom is 0.414 e. The van der Waals surface area contributed by atoms with Crippen molar-refractivity contribution >= 4 is 33.2 Å². The van der Waals surface area contributed by atoms with Crippen molar-refractivity contribution in [1.29, 1.82) is 0 Å². The standard InChI is InChI=1S/C18H17FN4O6S/c19-14-9-12(1-2-13(14)11-3-7-30(27,28)8-4-11)22-10-15(29-18(22)26)16(17(24)25)23-6-5-20-21-23/h1-3,5-6,9,15-16H,4,7-8,10H2,(H,24,25). The Kier molecular flexibility index (Phi) is 5.02. The van der Waals surface area contributed by atoms with Crippen molar-refractivity contribution in [2.45, 2.75) is 18.6 Å². The lowest BCUT2D eigenvalue weighted by atomic mass is 10.0. The Bertz CT molecular complexity index is 1130. The van der Waals surface area contributed by atoms with Crippen molar-refractivity contribution in [3.8, 4) is 0 Å². The van der Waals surface area contributed by atoms with Gasteiger partial charge in [-0.3, -0.25) is 4.90 Å². The highest BCUT2D eigenvalue weighted by Gasteiger charge is 2.42. The Morgan fingerprint density at radius 2 is 2.17 bits per heavy atom. The number of hydrogen-bond acceptors (Lipinski definition) is 7. The lowest BCUT2D eigenvalue weighted by Crippen LogP contribution is -2.35. The quantitative estimate of drug-likeness (QED) is 0.741. The minimum absolute atomic E-state index is 0.0426. The molecule has 3 heterocycles. The third kappa shape index (κ3) is 3.77. The summed E-state index contributed by atoms with van der Waals surface area (Å²) in [5, 5.41) is 16.7. The summed E-state index contributed by atoms with van der Waals surface area (Å²) < 4.78 is 44.1. The highest BCUT2D eigenvalue weighted by Crippen LogP contribution is 2.31. The summed E-state index contributed by atoms with van der Waals surface area (Å²) in [5.41, 5.74) is 1.06. The van der Waals surface area contributed by atoms with Gasteiger partial charge in [-0.25, -0.2) is 27.1 Å². The molecule has 0 aliphatic carbocycles. The van der Waals surface area contributed by atoms with Crippen LogP contribution in [0.25, 0.3) is 5.57 Å². The largest absolute Gasteiger partial charge is 0.480 e. The van der Waals surface area contributed by atoms with Gasteiger partial charge in [0.1, 0.15) is 5.82 Å². The second kappa shape index (κ2) is 7.52. The molecule has 0 bridgehead atoms. The van der Waals surface area contributed by atoms with Gasteiger partial charge in [0.05, 0.1) is 29.9 Å². The molecule has 1 aromatic carbocycles. The van der Waals surface area contributed by atoms with Gasteiger partial charge in [-0.2, -0.15) is 0 Å². The van der Waals surface area contributed by atoms with Gasteiger partial charge < -0.3 is 9.84 Å². The van der Waals surface area contributed by atoms with Crippen molar-refractivity contribution in [3.63, 3.8) is 0 Å². The molecular formula is C18H17FN4O6S. The average Bonchev–Trinajstić information content (AvgIpc) is 3.32. The Hall–Kier alpha value is -3.28. The maximum absolute atomic E-state index is 14.7. The van der Waals surface area contributed by atoms with E-state index in [2.05, 4.69) is 10.3 Å². The number of amides is 1. The minimum atomic E-state index is -3.13. The summed E-state index contributed by atoms with van der Waals surface area (Å²) in [4.78, 5) is 25.1. The first-order valence-corrected chi connectivity index (χ1v) is 10.8. The molecule has 158 valence electrons. The number of aliphatic carboxylic acids is 1. The number of aromatic nitrogens is 3. The van der Waals surface area contributed by atoms with Crippen LogP contribution in [-0.2, 0) is 19.4 Å². The highest BCUT2D eigenvalue weighted by atomic mass is 32.2. The van der Waals surface area contributed by atoms with Gasteiger partial charge in [0.2, 0.25) is 0 Å². The average molecular weight is 436 g/mol. The van der Waals surface area contributed by atoms with Gasteiger partial charge in [0.15, 0.2) is 22.0 Å². The number of carbonyl (C=O) groups is 2. The van der Waals surface area contributed by atoms with Gasteiger partial charge in [-0.15, -0.1) is 5.10 Å². The molecule has 0 spiro atoms. The topological polar surface area (TPSA) is 132 Å². The first kappa shape index (κ1) is 20.0. The van der Waals surface area contributed by atoms with E-state index in [1.54, 1.807) is 0 Å². The molecular weight excluding hydrogens is 419 g/mol. The zero-order valence-electron chi connectivity index (χ0n) is 15.5. The van der Waals surface area contributed by atoms with E-state index in [0.29, 0.717) is 5.57 Å². The number of halogens is 1. The number of ether oxygens (including phenoxy) is 1. The van der Waals surface area contributed by atoms with E-state index in [9.17, 15) is 27.5 Å². The Labute approximate surface area is 170 Å². The van der Waals surface area contributed by atoms with E-state index >= 15 is 0 Å². The molecule has 1 fully saturated rings. The molecule has 0 radical (unpaired) electrons. The van der Waals surface area contributed by atoms with Crippen LogP contribution in [0.3, 0.4) is 0 Å². The van der Waals surface area contributed by atoms with Crippen LogP contribution in [0.5, 0.6) is 0 Å². The van der Waals surface area contributed by atoms with E-state index in [0.717, 1.165) is 15.6 Å². The number of carboxylic acid groups (broad SMARTS) is 1. The van der Waals surface area contributed by atoms with Gasteiger partial charge in [-0.1, -0.05) is 11.3 Å². The van der Waals surface area contributed by atoms with E-state index in [1.807, 2.05) is 0 Å². The number of allylic oxidation sites excluding steroid dienone is 1. The fourth-order valence-electron chi connectivity index (χ4n) is 3.52. The molecule has 12 heteroatoms. The van der Waals surface area contributed by atoms with E-state index < -0.39 is 39.9 Å². The van der Waals surface area contributed by atoms with Crippen LogP contribution in [0.4, 0.5) is 14.9 Å². The van der Waals surface area contributed by atoms with Crippen molar-refractivity contribution in [2.24, 2.45) is 0 Å². The predicted molar refractivity (Wildman–Crippen MR) is 102 cm³/mol. The van der Waals surface area contributed by atoms with E-state index in [-0.39, 0.29) is 35.7 Å². The third-order valence-electron chi connectivity index (χ3n) is 5.04. The zero-order chi connectivity index (χ0) is 21.5. The van der Waals surface area contributed by atoms with Gasteiger partial charge >= 0.3 is 12.1 Å². The Morgan fingerprint density at radius 1 is 1.37 bits per heavy atom. The third-order valence-corrected chi connectivity index (χ3v) is 6.54. The number of hydrogen-bond donors (Lipinski definition) is 1. The van der Waals surface area contributed by atoms with Crippen LogP contribution in [-0.4, -0.2) is 64.7 Å².